The van der Waals surface area contributed by atoms with E-state index in [1.807, 2.05) is 30.3 Å². The zero-order valence-electron chi connectivity index (χ0n) is 16.9. The molecule has 0 radical (unpaired) electrons. The summed E-state index contributed by atoms with van der Waals surface area (Å²) in [4.78, 5) is 33.5. The number of rotatable bonds is 4. The maximum absolute atomic E-state index is 13.9. The molecule has 1 aliphatic carbocycles. The van der Waals surface area contributed by atoms with Gasteiger partial charge in [0.2, 0.25) is 5.82 Å². The quantitative estimate of drug-likeness (QED) is 0.652. The average molecular weight is 419 g/mol. The zero-order valence-corrected chi connectivity index (χ0v) is 16.9. The molecule has 7 nitrogen and oxygen atoms in total. The normalized spacial score (nSPS) is 16.4. The minimum atomic E-state index is -0.533. The van der Waals surface area contributed by atoms with Crippen LogP contribution in [0.2, 0.25) is 0 Å². The fraction of sp³-hybridized carbons (Fsp3) is 0.304. The summed E-state index contributed by atoms with van der Waals surface area (Å²) >= 11 is 0. The number of hydrogen-bond acceptors (Lipinski definition) is 4. The number of amides is 2. The van der Waals surface area contributed by atoms with Crippen molar-refractivity contribution in [3.63, 3.8) is 0 Å². The molecule has 2 aliphatic rings. The van der Waals surface area contributed by atoms with Crippen LogP contribution >= 0.6 is 0 Å². The van der Waals surface area contributed by atoms with E-state index in [1.54, 1.807) is 26.6 Å². The number of carbonyl (C=O) groups is 2. The smallest absolute Gasteiger partial charge is 0.293 e. The summed E-state index contributed by atoms with van der Waals surface area (Å²) in [6.45, 7) is 1.40. The van der Waals surface area contributed by atoms with Crippen molar-refractivity contribution in [3.8, 4) is 5.69 Å². The molecule has 1 aliphatic heterocycles. The molecule has 0 unspecified atom stereocenters. The largest absolute Gasteiger partial charge is 0.335 e. The lowest BCUT2D eigenvalue weighted by molar-refractivity contribution is 0.0526. The lowest BCUT2D eigenvalue weighted by atomic mass is 10.1. The van der Waals surface area contributed by atoms with Gasteiger partial charge in [0.1, 0.15) is 11.6 Å². The summed E-state index contributed by atoms with van der Waals surface area (Å²) in [5, 5.41) is 4.51. The van der Waals surface area contributed by atoms with Crippen LogP contribution in [-0.4, -0.2) is 62.6 Å². The Morgan fingerprint density at radius 1 is 0.839 bits per heavy atom. The molecule has 2 amide bonds. The van der Waals surface area contributed by atoms with Gasteiger partial charge in [-0.05, 0) is 37.1 Å². The van der Waals surface area contributed by atoms with Gasteiger partial charge in [0.05, 0.1) is 11.3 Å². The Balaban J connectivity index is 1.30. The van der Waals surface area contributed by atoms with E-state index in [4.69, 9.17) is 0 Å². The SMILES string of the molecule is O=C(c1nc(C2CC2)n(-c2ccccc2)n1)N1CCN(C(=O)c2ccccc2F)CC1. The Morgan fingerprint density at radius 3 is 2.10 bits per heavy atom. The molecule has 1 saturated carbocycles. The minimum absolute atomic E-state index is 0.0552. The highest BCUT2D eigenvalue weighted by Gasteiger charge is 2.33. The van der Waals surface area contributed by atoms with E-state index in [-0.39, 0.29) is 23.2 Å². The predicted molar refractivity (Wildman–Crippen MR) is 112 cm³/mol. The molecule has 1 aromatic heterocycles. The van der Waals surface area contributed by atoms with Crippen molar-refractivity contribution in [2.45, 2.75) is 18.8 Å². The fourth-order valence-corrected chi connectivity index (χ4v) is 3.84. The molecule has 158 valence electrons. The van der Waals surface area contributed by atoms with Crippen molar-refractivity contribution in [2.75, 3.05) is 26.2 Å². The number of aromatic nitrogens is 3. The number of benzene rings is 2. The van der Waals surface area contributed by atoms with Gasteiger partial charge in [0.15, 0.2) is 0 Å². The highest BCUT2D eigenvalue weighted by atomic mass is 19.1. The summed E-state index contributed by atoms with van der Waals surface area (Å²) < 4.78 is 15.7. The van der Waals surface area contributed by atoms with Gasteiger partial charge in [-0.2, -0.15) is 0 Å². The van der Waals surface area contributed by atoms with Gasteiger partial charge in [0.25, 0.3) is 11.8 Å². The molecule has 0 N–H and O–H groups in total. The summed E-state index contributed by atoms with van der Waals surface area (Å²) in [5.41, 5.74) is 0.941. The van der Waals surface area contributed by atoms with Crippen LogP contribution in [-0.2, 0) is 0 Å². The second kappa shape index (κ2) is 7.94. The van der Waals surface area contributed by atoms with E-state index >= 15 is 0 Å². The molecule has 1 saturated heterocycles. The van der Waals surface area contributed by atoms with Crippen molar-refractivity contribution in [1.82, 2.24) is 24.6 Å². The maximum atomic E-state index is 13.9. The van der Waals surface area contributed by atoms with Crippen LogP contribution in [0.15, 0.2) is 54.6 Å². The number of hydrogen-bond donors (Lipinski definition) is 0. The number of halogens is 1. The summed E-state index contributed by atoms with van der Waals surface area (Å²) in [6.07, 6.45) is 2.10. The summed E-state index contributed by atoms with van der Waals surface area (Å²) in [6, 6.07) is 15.6. The highest BCUT2D eigenvalue weighted by molar-refractivity contribution is 5.95. The van der Waals surface area contributed by atoms with E-state index < -0.39 is 5.82 Å². The first-order valence-corrected chi connectivity index (χ1v) is 10.5. The number of nitrogens with zero attached hydrogens (tertiary/aromatic N) is 5. The standard InChI is InChI=1S/C23H22FN5O2/c24-19-9-5-4-8-18(19)22(30)27-12-14-28(15-13-27)23(31)20-25-21(16-10-11-16)29(26-20)17-6-2-1-3-7-17/h1-9,16H,10-15H2. The molecule has 2 fully saturated rings. The Hall–Kier alpha value is -3.55. The van der Waals surface area contributed by atoms with Gasteiger partial charge in [-0.1, -0.05) is 30.3 Å². The van der Waals surface area contributed by atoms with Gasteiger partial charge in [0, 0.05) is 32.1 Å². The summed E-state index contributed by atoms with van der Waals surface area (Å²) in [7, 11) is 0. The number of para-hydroxylation sites is 1. The third-order valence-corrected chi connectivity index (χ3v) is 5.73. The molecular formula is C23H22FN5O2. The van der Waals surface area contributed by atoms with Gasteiger partial charge < -0.3 is 9.80 Å². The van der Waals surface area contributed by atoms with Gasteiger partial charge in [-0.15, -0.1) is 5.10 Å². The van der Waals surface area contributed by atoms with Crippen LogP contribution in [0, 0.1) is 5.82 Å². The Kier molecular flexibility index (Phi) is 4.97. The number of carbonyl (C=O) groups excluding carboxylic acids is 2. The highest BCUT2D eigenvalue weighted by Crippen LogP contribution is 2.39. The summed E-state index contributed by atoms with van der Waals surface area (Å²) in [5.74, 6) is 0.212. The van der Waals surface area contributed by atoms with E-state index in [9.17, 15) is 14.0 Å². The van der Waals surface area contributed by atoms with Crippen molar-refractivity contribution < 1.29 is 14.0 Å². The predicted octanol–water partition coefficient (Wildman–Crippen LogP) is 2.88. The van der Waals surface area contributed by atoms with Crippen LogP contribution in [0.25, 0.3) is 5.69 Å². The first kappa shape index (κ1) is 19.4. The molecule has 8 heteroatoms. The first-order chi connectivity index (χ1) is 15.1. The Labute approximate surface area is 179 Å². The molecule has 2 heterocycles. The lowest BCUT2D eigenvalue weighted by Gasteiger charge is -2.34. The topological polar surface area (TPSA) is 71.3 Å². The maximum Gasteiger partial charge on any atom is 0.293 e. The molecular weight excluding hydrogens is 397 g/mol. The molecule has 0 atom stereocenters. The number of piperazine rings is 1. The van der Waals surface area contributed by atoms with E-state index in [2.05, 4.69) is 10.1 Å². The fourth-order valence-electron chi connectivity index (χ4n) is 3.84. The van der Waals surface area contributed by atoms with Crippen LogP contribution in [0.1, 0.15) is 45.6 Å². The van der Waals surface area contributed by atoms with Crippen molar-refractivity contribution in [3.05, 3.63) is 77.6 Å². The van der Waals surface area contributed by atoms with Crippen molar-refractivity contribution >= 4 is 11.8 Å². The van der Waals surface area contributed by atoms with Gasteiger partial charge >= 0.3 is 0 Å². The average Bonchev–Trinajstić information content (AvgIpc) is 3.57. The van der Waals surface area contributed by atoms with Crippen LogP contribution in [0.3, 0.4) is 0 Å². The monoisotopic (exact) mass is 419 g/mol. The third-order valence-electron chi connectivity index (χ3n) is 5.73. The molecule has 2 aromatic carbocycles. The first-order valence-electron chi connectivity index (χ1n) is 10.5. The Morgan fingerprint density at radius 2 is 1.45 bits per heavy atom. The van der Waals surface area contributed by atoms with Gasteiger partial charge in [-0.25, -0.2) is 14.1 Å². The van der Waals surface area contributed by atoms with Crippen molar-refractivity contribution in [1.29, 1.82) is 0 Å². The lowest BCUT2D eigenvalue weighted by Crippen LogP contribution is -2.51. The second-order valence-electron chi connectivity index (χ2n) is 7.88. The molecule has 5 rings (SSSR count). The third kappa shape index (κ3) is 3.81. The van der Waals surface area contributed by atoms with E-state index in [0.717, 1.165) is 24.4 Å². The van der Waals surface area contributed by atoms with Crippen LogP contribution in [0.5, 0.6) is 0 Å². The molecule has 3 aromatic rings. The van der Waals surface area contributed by atoms with Crippen LogP contribution in [0.4, 0.5) is 4.39 Å². The Bertz CT molecular complexity index is 1120. The minimum Gasteiger partial charge on any atom is -0.335 e. The molecule has 31 heavy (non-hydrogen) atoms. The van der Waals surface area contributed by atoms with Crippen LogP contribution < -0.4 is 0 Å². The molecule has 0 spiro atoms. The second-order valence-corrected chi connectivity index (χ2v) is 7.88. The van der Waals surface area contributed by atoms with E-state index in [0.29, 0.717) is 32.1 Å². The van der Waals surface area contributed by atoms with Gasteiger partial charge in [-0.3, -0.25) is 9.59 Å². The molecule has 0 bridgehead atoms. The van der Waals surface area contributed by atoms with E-state index in [1.165, 1.54) is 12.1 Å². The zero-order chi connectivity index (χ0) is 21.4. The van der Waals surface area contributed by atoms with Crippen molar-refractivity contribution in [2.24, 2.45) is 0 Å².